The summed E-state index contributed by atoms with van der Waals surface area (Å²) in [5, 5.41) is 1.16. The number of aromatic nitrogens is 1. The third kappa shape index (κ3) is 1.78. The second-order valence-electron chi connectivity index (χ2n) is 5.20. The summed E-state index contributed by atoms with van der Waals surface area (Å²) in [6.45, 7) is 2.26. The lowest BCUT2D eigenvalue weighted by Gasteiger charge is -2.20. The molecule has 0 atom stereocenters. The number of nitrogens with zero attached hydrogens (tertiary/aromatic N) is 2. The molecule has 0 spiro atoms. The maximum absolute atomic E-state index is 5.55. The molecule has 1 aliphatic heterocycles. The molecule has 1 aliphatic rings. The van der Waals surface area contributed by atoms with Crippen LogP contribution in [0.5, 0.6) is 0 Å². The second-order valence-corrected chi connectivity index (χ2v) is 5.20. The molecule has 2 aromatic heterocycles. The molecule has 3 nitrogen and oxygen atoms in total. The van der Waals surface area contributed by atoms with Gasteiger partial charge in [-0.25, -0.2) is 0 Å². The second kappa shape index (κ2) is 4.67. The minimum Gasteiger partial charge on any atom is -0.464 e. The van der Waals surface area contributed by atoms with Gasteiger partial charge in [0.25, 0.3) is 0 Å². The molecular formula is C17H16N2O. The predicted molar refractivity (Wildman–Crippen MR) is 80.9 cm³/mol. The first-order chi connectivity index (χ1) is 9.93. The lowest BCUT2D eigenvalue weighted by atomic mass is 10.0. The molecule has 0 saturated carbocycles. The molecule has 100 valence electrons. The molecular weight excluding hydrogens is 248 g/mol. The Bertz CT molecular complexity index is 728. The predicted octanol–water partition coefficient (Wildman–Crippen LogP) is 4.10. The van der Waals surface area contributed by atoms with Crippen LogP contribution in [0.3, 0.4) is 0 Å². The molecule has 0 amide bonds. The van der Waals surface area contributed by atoms with Crippen LogP contribution in [0.1, 0.15) is 12.8 Å². The van der Waals surface area contributed by atoms with Crippen molar-refractivity contribution in [3.8, 4) is 11.3 Å². The smallest absolute Gasteiger partial charge is 0.134 e. The molecule has 1 fully saturated rings. The first-order valence-electron chi connectivity index (χ1n) is 7.10. The normalized spacial score (nSPS) is 15.1. The average Bonchev–Trinajstić information content (AvgIpc) is 3.19. The van der Waals surface area contributed by atoms with Crippen molar-refractivity contribution in [2.45, 2.75) is 12.8 Å². The quantitative estimate of drug-likeness (QED) is 0.698. The van der Waals surface area contributed by atoms with E-state index in [0.717, 1.165) is 35.3 Å². The van der Waals surface area contributed by atoms with Crippen molar-refractivity contribution >= 4 is 16.6 Å². The van der Waals surface area contributed by atoms with Gasteiger partial charge in [0.2, 0.25) is 0 Å². The minimum atomic E-state index is 0.899. The maximum Gasteiger partial charge on any atom is 0.134 e. The van der Waals surface area contributed by atoms with Crippen LogP contribution < -0.4 is 4.90 Å². The molecule has 0 unspecified atom stereocenters. The fraction of sp³-hybridized carbons (Fsp3) is 0.235. The number of rotatable bonds is 2. The SMILES string of the molecule is c1coc(-c2ccc(N3CCCC3)c3ncccc23)c1. The van der Waals surface area contributed by atoms with E-state index >= 15 is 0 Å². The van der Waals surface area contributed by atoms with Gasteiger partial charge in [0.1, 0.15) is 5.76 Å². The van der Waals surface area contributed by atoms with Crippen molar-refractivity contribution < 1.29 is 4.42 Å². The van der Waals surface area contributed by atoms with E-state index in [1.807, 2.05) is 24.4 Å². The number of fused-ring (bicyclic) bond motifs is 1. The highest BCUT2D eigenvalue weighted by Gasteiger charge is 2.17. The number of hydrogen-bond donors (Lipinski definition) is 0. The van der Waals surface area contributed by atoms with E-state index < -0.39 is 0 Å². The Kier molecular flexibility index (Phi) is 2.69. The van der Waals surface area contributed by atoms with Gasteiger partial charge < -0.3 is 9.32 Å². The zero-order chi connectivity index (χ0) is 13.4. The van der Waals surface area contributed by atoms with Crippen molar-refractivity contribution in [3.05, 3.63) is 48.9 Å². The summed E-state index contributed by atoms with van der Waals surface area (Å²) in [5.41, 5.74) is 3.43. The molecule has 0 bridgehead atoms. The Morgan fingerprint density at radius 1 is 1.00 bits per heavy atom. The van der Waals surface area contributed by atoms with E-state index in [1.54, 1.807) is 6.26 Å². The third-order valence-corrected chi connectivity index (χ3v) is 3.98. The van der Waals surface area contributed by atoms with Crippen molar-refractivity contribution in [3.63, 3.8) is 0 Å². The summed E-state index contributed by atoms with van der Waals surface area (Å²) < 4.78 is 5.55. The van der Waals surface area contributed by atoms with Crippen molar-refractivity contribution in [2.24, 2.45) is 0 Å². The summed E-state index contributed by atoms with van der Waals surface area (Å²) in [7, 11) is 0. The van der Waals surface area contributed by atoms with Crippen molar-refractivity contribution in [2.75, 3.05) is 18.0 Å². The van der Waals surface area contributed by atoms with E-state index in [-0.39, 0.29) is 0 Å². The van der Waals surface area contributed by atoms with Gasteiger partial charge >= 0.3 is 0 Å². The molecule has 3 heteroatoms. The lowest BCUT2D eigenvalue weighted by molar-refractivity contribution is 0.583. The summed E-state index contributed by atoms with van der Waals surface area (Å²) in [5.74, 6) is 0.899. The fourth-order valence-electron chi connectivity index (χ4n) is 3.02. The minimum absolute atomic E-state index is 0.899. The van der Waals surface area contributed by atoms with Gasteiger partial charge in [-0.2, -0.15) is 0 Å². The molecule has 3 heterocycles. The summed E-state index contributed by atoms with van der Waals surface area (Å²) in [4.78, 5) is 7.04. The van der Waals surface area contributed by atoms with E-state index in [0.29, 0.717) is 0 Å². The highest BCUT2D eigenvalue weighted by molar-refractivity contribution is 6.00. The van der Waals surface area contributed by atoms with Crippen LogP contribution in [0.4, 0.5) is 5.69 Å². The van der Waals surface area contributed by atoms with Crippen molar-refractivity contribution in [1.29, 1.82) is 0 Å². The highest BCUT2D eigenvalue weighted by atomic mass is 16.3. The van der Waals surface area contributed by atoms with Gasteiger partial charge in [-0.15, -0.1) is 0 Å². The van der Waals surface area contributed by atoms with Crippen molar-refractivity contribution in [1.82, 2.24) is 4.98 Å². The van der Waals surface area contributed by atoms with Crippen LogP contribution in [0.2, 0.25) is 0 Å². The lowest BCUT2D eigenvalue weighted by Crippen LogP contribution is -2.18. The van der Waals surface area contributed by atoms with E-state index in [2.05, 4.69) is 28.1 Å². The van der Waals surface area contributed by atoms with Gasteiger partial charge in [-0.05, 0) is 43.2 Å². The number of anilines is 1. The van der Waals surface area contributed by atoms with Crippen LogP contribution in [0.15, 0.2) is 53.3 Å². The highest BCUT2D eigenvalue weighted by Crippen LogP contribution is 2.34. The van der Waals surface area contributed by atoms with Gasteiger partial charge in [0.05, 0.1) is 17.5 Å². The zero-order valence-electron chi connectivity index (χ0n) is 11.2. The van der Waals surface area contributed by atoms with Crippen LogP contribution in [-0.2, 0) is 0 Å². The summed E-state index contributed by atoms with van der Waals surface area (Å²) >= 11 is 0. The molecule has 3 aromatic rings. The monoisotopic (exact) mass is 264 g/mol. The van der Waals surface area contributed by atoms with Gasteiger partial charge in [0.15, 0.2) is 0 Å². The van der Waals surface area contributed by atoms with Gasteiger partial charge in [0, 0.05) is 30.2 Å². The zero-order valence-corrected chi connectivity index (χ0v) is 11.2. The Morgan fingerprint density at radius 3 is 2.70 bits per heavy atom. The van der Waals surface area contributed by atoms with Crippen LogP contribution >= 0.6 is 0 Å². The molecule has 0 aliphatic carbocycles. The number of furan rings is 1. The first kappa shape index (κ1) is 11.5. The first-order valence-corrected chi connectivity index (χ1v) is 7.10. The maximum atomic E-state index is 5.55. The molecule has 20 heavy (non-hydrogen) atoms. The number of benzene rings is 1. The Hall–Kier alpha value is -2.29. The van der Waals surface area contributed by atoms with Crippen LogP contribution in [0, 0.1) is 0 Å². The molecule has 0 radical (unpaired) electrons. The standard InChI is InChI=1S/C17H16N2O/c1-2-11-19(10-1)15-8-7-13(16-6-4-12-20-16)14-5-3-9-18-17(14)15/h3-9,12H,1-2,10-11H2. The molecule has 4 rings (SSSR count). The fourth-order valence-corrected chi connectivity index (χ4v) is 3.02. The summed E-state index contributed by atoms with van der Waals surface area (Å²) in [6, 6.07) is 12.4. The molecule has 1 aromatic carbocycles. The number of hydrogen-bond acceptors (Lipinski definition) is 3. The van der Waals surface area contributed by atoms with Gasteiger partial charge in [-0.3, -0.25) is 4.98 Å². The Labute approximate surface area is 117 Å². The third-order valence-electron chi connectivity index (χ3n) is 3.98. The van der Waals surface area contributed by atoms with Crippen LogP contribution in [0.25, 0.3) is 22.2 Å². The average molecular weight is 264 g/mol. The van der Waals surface area contributed by atoms with E-state index in [1.165, 1.54) is 18.5 Å². The van der Waals surface area contributed by atoms with E-state index in [4.69, 9.17) is 4.42 Å². The largest absolute Gasteiger partial charge is 0.464 e. The number of pyridine rings is 1. The topological polar surface area (TPSA) is 29.3 Å². The molecule has 1 saturated heterocycles. The van der Waals surface area contributed by atoms with Crippen LogP contribution in [-0.4, -0.2) is 18.1 Å². The Morgan fingerprint density at radius 2 is 1.90 bits per heavy atom. The van der Waals surface area contributed by atoms with Gasteiger partial charge in [-0.1, -0.05) is 6.07 Å². The molecule has 0 N–H and O–H groups in total. The van der Waals surface area contributed by atoms with E-state index in [9.17, 15) is 0 Å². The Balaban J connectivity index is 1.94. The summed E-state index contributed by atoms with van der Waals surface area (Å²) in [6.07, 6.45) is 6.13.